The van der Waals surface area contributed by atoms with Gasteiger partial charge < -0.3 is 14.6 Å². The highest BCUT2D eigenvalue weighted by Gasteiger charge is 2.22. The maximum Gasteiger partial charge on any atom is 0.340 e. The van der Waals surface area contributed by atoms with E-state index < -0.39 is 17.7 Å². The quantitative estimate of drug-likeness (QED) is 0.811. The summed E-state index contributed by atoms with van der Waals surface area (Å²) in [5.41, 5.74) is 1.74. The highest BCUT2D eigenvalue weighted by Crippen LogP contribution is 2.25. The van der Waals surface area contributed by atoms with Crippen LogP contribution in [0.25, 0.3) is 0 Å². The van der Waals surface area contributed by atoms with Crippen LogP contribution in [0.3, 0.4) is 0 Å². The smallest absolute Gasteiger partial charge is 0.340 e. The molecule has 0 atom stereocenters. The summed E-state index contributed by atoms with van der Waals surface area (Å²) >= 11 is 0. The minimum absolute atomic E-state index is 0.00704. The number of hydrogen-bond donors (Lipinski definition) is 1. The van der Waals surface area contributed by atoms with Gasteiger partial charge in [0.05, 0.1) is 30.5 Å². The monoisotopic (exact) mass is 348 g/mol. The van der Waals surface area contributed by atoms with Gasteiger partial charge in [-0.3, -0.25) is 4.79 Å². The number of benzene rings is 1. The van der Waals surface area contributed by atoms with Crippen molar-refractivity contribution >= 4 is 17.6 Å². The number of carbonyl (C=O) groups excluding carboxylic acids is 2. The van der Waals surface area contributed by atoms with E-state index in [4.69, 9.17) is 9.26 Å². The van der Waals surface area contributed by atoms with Gasteiger partial charge in [-0.05, 0) is 25.0 Å². The van der Waals surface area contributed by atoms with Crippen molar-refractivity contribution in [3.05, 3.63) is 46.1 Å². The van der Waals surface area contributed by atoms with E-state index in [2.05, 4.69) is 10.5 Å². The fraction of sp³-hybridized carbons (Fsp3) is 0.389. The summed E-state index contributed by atoms with van der Waals surface area (Å²) < 4.78 is 24.1. The molecule has 0 saturated heterocycles. The molecule has 0 bridgehead atoms. The van der Waals surface area contributed by atoms with Gasteiger partial charge in [0.25, 0.3) is 0 Å². The van der Waals surface area contributed by atoms with Crippen LogP contribution in [0.4, 0.5) is 10.1 Å². The van der Waals surface area contributed by atoms with Crippen molar-refractivity contribution in [2.75, 3.05) is 12.4 Å². The number of carbonyl (C=O) groups is 2. The summed E-state index contributed by atoms with van der Waals surface area (Å²) in [5.74, 6) is -1.23. The Morgan fingerprint density at radius 2 is 2.00 bits per heavy atom. The molecule has 25 heavy (non-hydrogen) atoms. The van der Waals surface area contributed by atoms with Gasteiger partial charge >= 0.3 is 5.97 Å². The van der Waals surface area contributed by atoms with Crippen molar-refractivity contribution in [2.24, 2.45) is 0 Å². The Bertz CT molecular complexity index is 777. The summed E-state index contributed by atoms with van der Waals surface area (Å²) in [6.07, 6.45) is 1.21. The average molecular weight is 348 g/mol. The van der Waals surface area contributed by atoms with Gasteiger partial charge in [-0.15, -0.1) is 0 Å². The van der Waals surface area contributed by atoms with E-state index in [0.29, 0.717) is 35.4 Å². The molecule has 0 fully saturated rings. The molecule has 0 spiro atoms. The summed E-state index contributed by atoms with van der Waals surface area (Å²) in [6, 6.07) is 2.66. The topological polar surface area (TPSA) is 81.4 Å². The summed E-state index contributed by atoms with van der Waals surface area (Å²) in [5, 5.41) is 6.44. The molecule has 1 aromatic carbocycles. The van der Waals surface area contributed by atoms with E-state index >= 15 is 0 Å². The number of ether oxygens (including phenoxy) is 1. The van der Waals surface area contributed by atoms with E-state index in [-0.39, 0.29) is 17.7 Å². The molecule has 1 amide bonds. The molecule has 6 nitrogen and oxygen atoms in total. The first-order chi connectivity index (χ1) is 11.9. The highest BCUT2D eigenvalue weighted by molar-refractivity contribution is 6.03. The molecular formula is C18H21FN2O4. The second kappa shape index (κ2) is 7.92. The van der Waals surface area contributed by atoms with E-state index in [1.165, 1.54) is 19.2 Å². The number of esters is 1. The number of aryl methyl sites for hydroxylation is 3. The zero-order chi connectivity index (χ0) is 18.6. The number of aromatic nitrogens is 1. The number of nitrogens with zero attached hydrogens (tertiary/aromatic N) is 1. The van der Waals surface area contributed by atoms with Crippen molar-refractivity contribution in [3.63, 3.8) is 0 Å². The van der Waals surface area contributed by atoms with Crippen molar-refractivity contribution in [1.29, 1.82) is 0 Å². The lowest BCUT2D eigenvalue weighted by Gasteiger charge is -2.13. The lowest BCUT2D eigenvalue weighted by Crippen LogP contribution is -2.20. The SMILES string of the molecule is CCc1noc(CC)c1CC(=O)Nc1c(F)ccc(C)c1C(=O)OC. The van der Waals surface area contributed by atoms with Gasteiger partial charge in [0.15, 0.2) is 0 Å². The van der Waals surface area contributed by atoms with Gasteiger partial charge in [-0.2, -0.15) is 0 Å². The largest absolute Gasteiger partial charge is 0.465 e. The van der Waals surface area contributed by atoms with Crippen molar-refractivity contribution in [2.45, 2.75) is 40.0 Å². The van der Waals surface area contributed by atoms with Gasteiger partial charge in [-0.1, -0.05) is 25.1 Å². The van der Waals surface area contributed by atoms with Crippen molar-refractivity contribution < 1.29 is 23.2 Å². The molecule has 2 aromatic rings. The molecule has 0 aliphatic carbocycles. The lowest BCUT2D eigenvalue weighted by molar-refractivity contribution is -0.115. The molecule has 7 heteroatoms. The third-order valence-electron chi connectivity index (χ3n) is 3.96. The second-order valence-corrected chi connectivity index (χ2v) is 5.57. The van der Waals surface area contributed by atoms with Crippen LogP contribution < -0.4 is 5.32 Å². The number of methoxy groups -OCH3 is 1. The van der Waals surface area contributed by atoms with E-state index in [1.54, 1.807) is 6.92 Å². The number of hydrogen-bond acceptors (Lipinski definition) is 5. The van der Waals surface area contributed by atoms with Crippen LogP contribution in [0.15, 0.2) is 16.7 Å². The summed E-state index contributed by atoms with van der Waals surface area (Å²) in [4.78, 5) is 24.4. The number of amides is 1. The first-order valence-corrected chi connectivity index (χ1v) is 8.06. The molecule has 0 aliphatic heterocycles. The first kappa shape index (κ1) is 18.6. The van der Waals surface area contributed by atoms with Crippen LogP contribution in [-0.2, 0) is 28.8 Å². The van der Waals surface area contributed by atoms with Crippen LogP contribution in [0.5, 0.6) is 0 Å². The third-order valence-corrected chi connectivity index (χ3v) is 3.96. The Morgan fingerprint density at radius 1 is 1.28 bits per heavy atom. The van der Waals surface area contributed by atoms with Gasteiger partial charge in [0, 0.05) is 12.0 Å². The molecular weight excluding hydrogens is 327 g/mol. The Morgan fingerprint density at radius 3 is 2.60 bits per heavy atom. The van der Waals surface area contributed by atoms with Crippen molar-refractivity contribution in [1.82, 2.24) is 5.16 Å². The van der Waals surface area contributed by atoms with Crippen LogP contribution in [0, 0.1) is 12.7 Å². The predicted octanol–water partition coefficient (Wildman–Crippen LogP) is 3.21. The predicted molar refractivity (Wildman–Crippen MR) is 90.1 cm³/mol. The molecule has 0 unspecified atom stereocenters. The Kier molecular flexibility index (Phi) is 5.90. The maximum absolute atomic E-state index is 14.2. The number of rotatable bonds is 6. The van der Waals surface area contributed by atoms with E-state index in [9.17, 15) is 14.0 Å². The Labute approximate surface area is 145 Å². The van der Waals surface area contributed by atoms with Crippen LogP contribution in [0.1, 0.15) is 46.8 Å². The first-order valence-electron chi connectivity index (χ1n) is 8.06. The van der Waals surface area contributed by atoms with Crippen LogP contribution >= 0.6 is 0 Å². The fourth-order valence-corrected chi connectivity index (χ4v) is 2.65. The fourth-order valence-electron chi connectivity index (χ4n) is 2.65. The molecule has 1 N–H and O–H groups in total. The maximum atomic E-state index is 14.2. The molecule has 1 heterocycles. The molecule has 1 aromatic heterocycles. The standard InChI is InChI=1S/C18H21FN2O4/c1-5-13-11(14(6-2)25-21-13)9-15(22)20-17-12(19)8-7-10(3)16(17)18(23)24-4/h7-8H,5-6,9H2,1-4H3,(H,20,22). The van der Waals surface area contributed by atoms with Gasteiger partial charge in [0.1, 0.15) is 11.6 Å². The summed E-state index contributed by atoms with van der Waals surface area (Å²) in [7, 11) is 1.20. The zero-order valence-corrected chi connectivity index (χ0v) is 14.7. The zero-order valence-electron chi connectivity index (χ0n) is 14.7. The van der Waals surface area contributed by atoms with Crippen LogP contribution in [-0.4, -0.2) is 24.1 Å². The van der Waals surface area contributed by atoms with Crippen molar-refractivity contribution in [3.8, 4) is 0 Å². The van der Waals surface area contributed by atoms with E-state index in [0.717, 1.165) is 0 Å². The minimum atomic E-state index is -0.708. The van der Waals surface area contributed by atoms with Gasteiger partial charge in [0.2, 0.25) is 5.91 Å². The molecule has 0 radical (unpaired) electrons. The second-order valence-electron chi connectivity index (χ2n) is 5.57. The molecule has 0 saturated carbocycles. The molecule has 134 valence electrons. The molecule has 2 rings (SSSR count). The molecule has 0 aliphatic rings. The normalized spacial score (nSPS) is 10.6. The summed E-state index contributed by atoms with van der Waals surface area (Å²) in [6.45, 7) is 5.46. The number of halogens is 1. The highest BCUT2D eigenvalue weighted by atomic mass is 19.1. The van der Waals surface area contributed by atoms with E-state index in [1.807, 2.05) is 13.8 Å². The third kappa shape index (κ3) is 3.87. The average Bonchev–Trinajstić information content (AvgIpc) is 2.99. The minimum Gasteiger partial charge on any atom is -0.465 e. The number of anilines is 1. The lowest BCUT2D eigenvalue weighted by atomic mass is 10.0. The number of nitrogens with one attached hydrogen (secondary N) is 1. The Hall–Kier alpha value is -2.70. The Balaban J connectivity index is 2.32. The van der Waals surface area contributed by atoms with Crippen LogP contribution in [0.2, 0.25) is 0 Å². The van der Waals surface area contributed by atoms with Gasteiger partial charge in [-0.25, -0.2) is 9.18 Å².